The summed E-state index contributed by atoms with van der Waals surface area (Å²) in [6.07, 6.45) is 0.250. The van der Waals surface area contributed by atoms with E-state index in [4.69, 9.17) is 24.0 Å². The van der Waals surface area contributed by atoms with Crippen LogP contribution >= 0.6 is 0 Å². The molecule has 5 amide bonds. The van der Waals surface area contributed by atoms with Crippen molar-refractivity contribution in [3.63, 3.8) is 0 Å². The highest BCUT2D eigenvalue weighted by atomic mass is 19.4. The van der Waals surface area contributed by atoms with Gasteiger partial charge in [0, 0.05) is 50.3 Å². The number of hydrogen-bond acceptors (Lipinski definition) is 12. The number of nitrogens with one attached hydrogen (secondary N) is 2. The third-order valence-corrected chi connectivity index (χ3v) is 10.9. The van der Waals surface area contributed by atoms with E-state index in [1.165, 1.54) is 13.2 Å². The van der Waals surface area contributed by atoms with Crippen LogP contribution in [0.25, 0.3) is 10.9 Å². The molecule has 2 N–H and O–H groups in total. The second-order valence-corrected chi connectivity index (χ2v) is 14.9. The van der Waals surface area contributed by atoms with E-state index in [0.29, 0.717) is 74.9 Å². The minimum absolute atomic E-state index is 0. The Morgan fingerprint density at radius 2 is 1.61 bits per heavy atom. The van der Waals surface area contributed by atoms with Crippen molar-refractivity contribution in [2.45, 2.75) is 64.2 Å². The summed E-state index contributed by atoms with van der Waals surface area (Å²) in [5.74, 6) is -2.57. The molecule has 1 atom stereocenters. The standard InChI is InChI=1S/C42H46F3N7O9.CH4/c1-58-34-24-31-27(23-32(34)47-38(54)30-8-3-9-35(46-30)42(43,44)45)25-51(49-31)28-12-14-50(15-13-28)16-18-60-20-22-61-21-19-59-17-4-6-26-5-2-7-29-37(26)41(57)52(40(29)56)33-10-11-36(53)48-39(33)55;/h2-3,5,7-9,23-25,28,33H,4,6,10-22H2,1H3,(H,47,54)(H,48,53,55);1H4. The number of aromatic nitrogens is 3. The molecule has 7 rings (SSSR count). The number of rotatable bonds is 18. The van der Waals surface area contributed by atoms with Crippen molar-refractivity contribution < 1.29 is 56.1 Å². The number of piperidine rings is 2. The third kappa shape index (κ3) is 10.6. The number of ether oxygens (including phenoxy) is 4. The van der Waals surface area contributed by atoms with Crippen LogP contribution < -0.4 is 15.4 Å². The van der Waals surface area contributed by atoms with E-state index in [9.17, 15) is 37.1 Å². The van der Waals surface area contributed by atoms with Gasteiger partial charge in [-0.05, 0) is 61.9 Å². The number of anilines is 1. The fraction of sp³-hybridized carbons (Fsp3) is 0.465. The van der Waals surface area contributed by atoms with Gasteiger partial charge in [-0.1, -0.05) is 25.6 Å². The highest BCUT2D eigenvalue weighted by Gasteiger charge is 2.45. The fourth-order valence-electron chi connectivity index (χ4n) is 7.73. The average Bonchev–Trinajstić information content (AvgIpc) is 3.78. The first kappa shape index (κ1) is 45.8. The van der Waals surface area contributed by atoms with Crippen molar-refractivity contribution in [2.75, 3.05) is 71.7 Å². The molecule has 0 radical (unpaired) electrons. The van der Waals surface area contributed by atoms with Crippen LogP contribution in [0.2, 0.25) is 0 Å². The number of amides is 5. The minimum atomic E-state index is -4.68. The Balaban J connectivity index is 0.00000641. The maximum atomic E-state index is 13.3. The summed E-state index contributed by atoms with van der Waals surface area (Å²) in [5.41, 5.74) is 0.700. The number of likely N-dealkylation sites (tertiary alicyclic amines) is 1. The molecular weight excluding hydrogens is 816 g/mol. The molecule has 0 bridgehead atoms. The van der Waals surface area contributed by atoms with Crippen LogP contribution in [0.3, 0.4) is 0 Å². The normalized spacial score (nSPS) is 17.3. The molecule has 3 aliphatic rings. The van der Waals surface area contributed by atoms with Gasteiger partial charge in [0.05, 0.1) is 68.5 Å². The molecule has 5 heterocycles. The lowest BCUT2D eigenvalue weighted by molar-refractivity contribution is -0.141. The number of pyridine rings is 1. The SMILES string of the molecule is C.COc1cc2nn(C3CCN(CCOCCOCCOCCCc4cccc5c4C(=O)N(C4CCC(=O)NC4=O)C5=O)CC3)cc2cc1NC(=O)c1cccc(C(F)(F)F)n1. The Morgan fingerprint density at radius 1 is 0.903 bits per heavy atom. The van der Waals surface area contributed by atoms with Gasteiger partial charge in [0.15, 0.2) is 0 Å². The topological polar surface area (TPSA) is 184 Å². The summed E-state index contributed by atoms with van der Waals surface area (Å²) in [6.45, 7) is 5.13. The number of carbonyl (C=O) groups excluding carboxylic acids is 5. The lowest BCUT2D eigenvalue weighted by atomic mass is 9.99. The predicted octanol–water partition coefficient (Wildman–Crippen LogP) is 5.07. The lowest BCUT2D eigenvalue weighted by Crippen LogP contribution is -2.54. The van der Waals surface area contributed by atoms with Gasteiger partial charge in [0.1, 0.15) is 23.2 Å². The quantitative estimate of drug-likeness (QED) is 0.100. The number of imide groups is 2. The molecule has 19 heteroatoms. The monoisotopic (exact) mass is 865 g/mol. The van der Waals surface area contributed by atoms with Crippen molar-refractivity contribution >= 4 is 46.1 Å². The van der Waals surface area contributed by atoms with E-state index >= 15 is 0 Å². The van der Waals surface area contributed by atoms with Crippen molar-refractivity contribution in [1.29, 1.82) is 0 Å². The summed E-state index contributed by atoms with van der Waals surface area (Å²) >= 11 is 0. The number of aryl methyl sites for hydroxylation is 1. The zero-order valence-electron chi connectivity index (χ0n) is 33.5. The Morgan fingerprint density at radius 3 is 2.32 bits per heavy atom. The van der Waals surface area contributed by atoms with Crippen LogP contribution in [0.1, 0.15) is 88.0 Å². The Bertz CT molecular complexity index is 2280. The number of hydrogen-bond donors (Lipinski definition) is 2. The maximum Gasteiger partial charge on any atom is 0.433 e. The summed E-state index contributed by atoms with van der Waals surface area (Å²) in [4.78, 5) is 69.8. The van der Waals surface area contributed by atoms with Gasteiger partial charge in [0.2, 0.25) is 11.8 Å². The molecule has 3 aliphatic heterocycles. The van der Waals surface area contributed by atoms with Gasteiger partial charge in [-0.2, -0.15) is 18.3 Å². The number of carbonyl (C=O) groups is 5. The lowest BCUT2D eigenvalue weighted by Gasteiger charge is -2.31. The average molecular weight is 866 g/mol. The molecule has 332 valence electrons. The Kier molecular flexibility index (Phi) is 15.1. The van der Waals surface area contributed by atoms with Crippen LogP contribution in [0, 0.1) is 0 Å². The van der Waals surface area contributed by atoms with E-state index in [1.807, 2.05) is 10.9 Å². The van der Waals surface area contributed by atoms with E-state index in [2.05, 4.69) is 20.5 Å². The van der Waals surface area contributed by atoms with E-state index in [-0.39, 0.29) is 43.3 Å². The first-order valence-corrected chi connectivity index (χ1v) is 20.1. The molecule has 1 unspecified atom stereocenters. The molecule has 2 saturated heterocycles. The zero-order valence-corrected chi connectivity index (χ0v) is 33.5. The Labute approximate surface area is 356 Å². The van der Waals surface area contributed by atoms with Crippen molar-refractivity contribution in [3.05, 3.63) is 82.8 Å². The maximum absolute atomic E-state index is 13.3. The zero-order chi connectivity index (χ0) is 43.1. The first-order chi connectivity index (χ1) is 29.4. The largest absolute Gasteiger partial charge is 0.494 e. The Hall–Kier alpha value is -5.76. The molecule has 2 aromatic carbocycles. The summed E-state index contributed by atoms with van der Waals surface area (Å²) < 4.78 is 63.9. The van der Waals surface area contributed by atoms with Crippen LogP contribution in [-0.2, 0) is 36.4 Å². The molecule has 0 saturated carbocycles. The van der Waals surface area contributed by atoms with Gasteiger partial charge in [0.25, 0.3) is 17.7 Å². The van der Waals surface area contributed by atoms with Crippen molar-refractivity contribution in [3.8, 4) is 5.75 Å². The summed E-state index contributed by atoms with van der Waals surface area (Å²) in [6, 6.07) is 10.8. The molecule has 4 aromatic rings. The number of fused-ring (bicyclic) bond motifs is 2. The molecule has 0 aliphatic carbocycles. The molecule has 0 spiro atoms. The van der Waals surface area contributed by atoms with Crippen molar-refractivity contribution in [1.82, 2.24) is 29.9 Å². The van der Waals surface area contributed by atoms with Crippen LogP contribution in [0.15, 0.2) is 54.7 Å². The van der Waals surface area contributed by atoms with Crippen LogP contribution in [-0.4, -0.2) is 127 Å². The highest BCUT2D eigenvalue weighted by molar-refractivity contribution is 6.24. The molecule has 62 heavy (non-hydrogen) atoms. The number of nitrogens with zero attached hydrogens (tertiary/aromatic N) is 5. The van der Waals surface area contributed by atoms with E-state index < -0.39 is 47.4 Å². The van der Waals surface area contributed by atoms with Crippen molar-refractivity contribution in [2.24, 2.45) is 0 Å². The van der Waals surface area contributed by atoms with Crippen LogP contribution in [0.4, 0.5) is 18.9 Å². The summed E-state index contributed by atoms with van der Waals surface area (Å²) in [5, 5.41) is 10.3. The smallest absolute Gasteiger partial charge is 0.433 e. The molecule has 16 nitrogen and oxygen atoms in total. The van der Waals surface area contributed by atoms with Gasteiger partial charge >= 0.3 is 6.18 Å². The number of methoxy groups -OCH3 is 1. The van der Waals surface area contributed by atoms with E-state index in [1.54, 1.807) is 30.3 Å². The second-order valence-electron chi connectivity index (χ2n) is 14.9. The predicted molar refractivity (Wildman–Crippen MR) is 219 cm³/mol. The van der Waals surface area contributed by atoms with Gasteiger partial charge in [-0.3, -0.25) is 38.9 Å². The number of alkyl halides is 3. The van der Waals surface area contributed by atoms with Gasteiger partial charge < -0.3 is 29.2 Å². The first-order valence-electron chi connectivity index (χ1n) is 20.1. The summed E-state index contributed by atoms with van der Waals surface area (Å²) in [7, 11) is 1.43. The number of halogens is 3. The highest BCUT2D eigenvalue weighted by Crippen LogP contribution is 2.34. The molecule has 2 aromatic heterocycles. The third-order valence-electron chi connectivity index (χ3n) is 10.9. The minimum Gasteiger partial charge on any atom is -0.494 e. The van der Waals surface area contributed by atoms with Gasteiger partial charge in [-0.15, -0.1) is 0 Å². The fourth-order valence-corrected chi connectivity index (χ4v) is 7.73. The van der Waals surface area contributed by atoms with E-state index in [0.717, 1.165) is 54.9 Å². The second kappa shape index (κ2) is 20.4. The molecule has 2 fully saturated rings. The number of benzene rings is 2. The van der Waals surface area contributed by atoms with Crippen LogP contribution in [0.5, 0.6) is 5.75 Å². The van der Waals surface area contributed by atoms with Gasteiger partial charge in [-0.25, -0.2) is 4.98 Å². The molecular formula is C43H50F3N7O9.